The van der Waals surface area contributed by atoms with Crippen LogP contribution in [0.3, 0.4) is 0 Å². The van der Waals surface area contributed by atoms with Gasteiger partial charge in [0.25, 0.3) is 0 Å². The first kappa shape index (κ1) is 44.8. The maximum Gasteiger partial charge on any atom is 0.202 e. The number of aromatic hydroxyl groups is 2. The summed E-state index contributed by atoms with van der Waals surface area (Å²) in [6.07, 6.45) is 8.86. The number of hydrogen-bond donors (Lipinski definition) is 2. The average molecular weight is 853 g/mol. The number of fused-ring (bicyclic) bond motifs is 2. The van der Waals surface area contributed by atoms with Gasteiger partial charge in [0.05, 0.1) is 22.3 Å². The van der Waals surface area contributed by atoms with Crippen molar-refractivity contribution in [1.82, 2.24) is 0 Å². The number of carbonyl (C=O) groups is 2. The van der Waals surface area contributed by atoms with Gasteiger partial charge < -0.3 is 10.2 Å². The van der Waals surface area contributed by atoms with E-state index in [-0.39, 0.29) is 56.8 Å². The average Bonchev–Trinajstić information content (AvgIpc) is 3.22. The molecule has 0 spiro atoms. The van der Waals surface area contributed by atoms with Gasteiger partial charge in [-0.1, -0.05) is 147 Å². The molecule has 2 N–H and O–H groups in total. The number of benzene rings is 5. The fraction of sp³-hybridized carbons (Fsp3) is 0.418. The quantitative estimate of drug-likeness (QED) is 0.121. The van der Waals surface area contributed by atoms with E-state index in [9.17, 15) is 15.0 Å². The van der Waals surface area contributed by atoms with E-state index in [1.54, 1.807) is 0 Å². The fourth-order valence-electron chi connectivity index (χ4n) is 9.72. The Kier molecular flexibility index (Phi) is 13.7. The van der Waals surface area contributed by atoms with Crippen LogP contribution < -0.4 is 0 Å². The third kappa shape index (κ3) is 9.56. The lowest BCUT2D eigenvalue weighted by Crippen LogP contribution is -2.24. The second kappa shape index (κ2) is 18.6. The zero-order valence-electron chi connectivity index (χ0n) is 37.7. The molecule has 0 amide bonds. The molecular formula is C55H64O4S2. The van der Waals surface area contributed by atoms with Crippen molar-refractivity contribution in [2.24, 2.45) is 23.7 Å². The molecule has 0 aliphatic heterocycles. The largest absolute Gasteiger partial charge is 0.507 e. The SMILES string of the molecule is CCC(CC)C1CCC(c2ccc(-c3ccc(Sc4cc(CC(C)C)c(O)c5c4C(=O)c4c(Sc6ccc(C(C)(C)C)cc6)cc(CC(C)C)c(O)c4C5=O)cc3)cc2)CC1. The molecule has 0 unspecified atom stereocenters. The number of carbonyl (C=O) groups excluding carboxylic acids is 2. The Bertz CT molecular complexity index is 2370. The molecule has 0 heterocycles. The number of phenols is 2. The van der Waals surface area contributed by atoms with Crippen LogP contribution in [0.2, 0.25) is 0 Å². The second-order valence-corrected chi connectivity index (χ2v) is 21.7. The van der Waals surface area contributed by atoms with E-state index < -0.39 is 5.78 Å². The highest BCUT2D eigenvalue weighted by Crippen LogP contribution is 2.49. The van der Waals surface area contributed by atoms with E-state index in [2.05, 4.69) is 135 Å². The summed E-state index contributed by atoms with van der Waals surface area (Å²) in [5.41, 5.74) is 6.52. The molecule has 320 valence electrons. The summed E-state index contributed by atoms with van der Waals surface area (Å²) in [6, 6.07) is 29.6. The van der Waals surface area contributed by atoms with Crippen molar-refractivity contribution in [1.29, 1.82) is 0 Å². The summed E-state index contributed by atoms with van der Waals surface area (Å²) in [7, 11) is 0. The van der Waals surface area contributed by atoms with Crippen LogP contribution in [0.25, 0.3) is 11.1 Å². The third-order valence-electron chi connectivity index (χ3n) is 13.1. The molecule has 0 bridgehead atoms. The first-order valence-electron chi connectivity index (χ1n) is 22.6. The number of ketones is 2. The number of phenolic OH excluding ortho intramolecular Hbond substituents is 2. The third-order valence-corrected chi connectivity index (χ3v) is 15.2. The zero-order valence-corrected chi connectivity index (χ0v) is 39.3. The Hall–Kier alpha value is -4.26. The molecule has 2 aliphatic rings. The van der Waals surface area contributed by atoms with Gasteiger partial charge >= 0.3 is 0 Å². The monoisotopic (exact) mass is 852 g/mol. The molecule has 61 heavy (non-hydrogen) atoms. The van der Waals surface area contributed by atoms with Crippen LogP contribution >= 0.6 is 23.5 Å². The Labute approximate surface area is 373 Å². The standard InChI is InChI=1S/C55H64O4S2/c1-10-34(11-2)35-12-14-36(15-13-35)37-16-18-38(19-17-37)39-20-24-43(25-21-39)60-45-30-40(28-32(3)4)51(56)49-47(45)53(58)48-46(61-44-26-22-42(23-27-44)55(7,8)9)31-41(29-33(5)6)52(57)50(48)54(49)59/h16-27,30-36,56-57H,10-15,28-29H2,1-9H3. The molecule has 4 nitrogen and oxygen atoms in total. The first-order chi connectivity index (χ1) is 29.1. The molecule has 7 rings (SSSR count). The molecule has 0 atom stereocenters. The predicted molar refractivity (Wildman–Crippen MR) is 254 cm³/mol. The van der Waals surface area contributed by atoms with Gasteiger partial charge in [-0.2, -0.15) is 0 Å². The summed E-state index contributed by atoms with van der Waals surface area (Å²) < 4.78 is 0. The molecule has 5 aromatic carbocycles. The van der Waals surface area contributed by atoms with Crippen molar-refractivity contribution >= 4 is 35.1 Å². The van der Waals surface area contributed by atoms with Gasteiger partial charge in [-0.3, -0.25) is 9.59 Å². The highest BCUT2D eigenvalue weighted by Gasteiger charge is 2.40. The van der Waals surface area contributed by atoms with Crippen LogP contribution in [0.5, 0.6) is 11.5 Å². The fourth-order valence-corrected chi connectivity index (χ4v) is 11.8. The maximum absolute atomic E-state index is 15.1. The van der Waals surface area contributed by atoms with Crippen LogP contribution in [0.4, 0.5) is 0 Å². The van der Waals surface area contributed by atoms with Crippen LogP contribution in [-0.4, -0.2) is 21.8 Å². The molecule has 0 radical (unpaired) electrons. The molecule has 1 saturated carbocycles. The topological polar surface area (TPSA) is 74.6 Å². The van der Waals surface area contributed by atoms with Gasteiger partial charge in [0.2, 0.25) is 5.78 Å². The minimum atomic E-state index is -0.513. The van der Waals surface area contributed by atoms with Crippen LogP contribution in [0.1, 0.15) is 161 Å². The Morgan fingerprint density at radius 1 is 0.590 bits per heavy atom. The molecule has 6 heteroatoms. The van der Waals surface area contributed by atoms with Crippen molar-refractivity contribution in [3.63, 3.8) is 0 Å². The summed E-state index contributed by atoms with van der Waals surface area (Å²) in [6.45, 7) is 19.5. The van der Waals surface area contributed by atoms with Gasteiger partial charge in [0.1, 0.15) is 11.5 Å². The summed E-state index contributed by atoms with van der Waals surface area (Å²) >= 11 is 2.87. The summed E-state index contributed by atoms with van der Waals surface area (Å²) in [4.78, 5) is 33.0. The minimum Gasteiger partial charge on any atom is -0.507 e. The lowest BCUT2D eigenvalue weighted by molar-refractivity contribution is 0.0969. The summed E-state index contributed by atoms with van der Waals surface area (Å²) in [5.74, 6) is 1.55. The van der Waals surface area contributed by atoms with E-state index in [1.807, 2.05) is 12.1 Å². The van der Waals surface area contributed by atoms with Gasteiger partial charge in [-0.15, -0.1) is 0 Å². The van der Waals surface area contributed by atoms with Crippen molar-refractivity contribution in [2.45, 2.75) is 145 Å². The maximum atomic E-state index is 15.1. The number of rotatable bonds is 13. The van der Waals surface area contributed by atoms with E-state index >= 15 is 4.79 Å². The molecule has 5 aromatic rings. The molecule has 0 saturated heterocycles. The van der Waals surface area contributed by atoms with Crippen LogP contribution in [-0.2, 0) is 18.3 Å². The van der Waals surface area contributed by atoms with Crippen molar-refractivity contribution in [2.75, 3.05) is 0 Å². The highest BCUT2D eigenvalue weighted by molar-refractivity contribution is 7.99. The van der Waals surface area contributed by atoms with Crippen LogP contribution in [0.15, 0.2) is 105 Å². The Balaban J connectivity index is 1.22. The lowest BCUT2D eigenvalue weighted by Gasteiger charge is -2.33. The molecule has 2 aliphatic carbocycles. The lowest BCUT2D eigenvalue weighted by atomic mass is 9.72. The van der Waals surface area contributed by atoms with Crippen molar-refractivity contribution in [3.8, 4) is 22.6 Å². The minimum absolute atomic E-state index is 0.0120. The van der Waals surface area contributed by atoms with Gasteiger partial charge in [-0.25, -0.2) is 0 Å². The van der Waals surface area contributed by atoms with E-state index in [4.69, 9.17) is 0 Å². The zero-order chi connectivity index (χ0) is 43.7. The normalized spacial score (nSPS) is 16.7. The molecule has 0 aromatic heterocycles. The van der Waals surface area contributed by atoms with E-state index in [1.165, 1.54) is 78.7 Å². The highest BCUT2D eigenvalue weighted by atomic mass is 32.2. The Morgan fingerprint density at radius 2 is 1.00 bits per heavy atom. The van der Waals surface area contributed by atoms with Crippen molar-refractivity contribution in [3.05, 3.63) is 129 Å². The van der Waals surface area contributed by atoms with Crippen molar-refractivity contribution < 1.29 is 19.8 Å². The van der Waals surface area contributed by atoms with Gasteiger partial charge in [0.15, 0.2) is 5.78 Å². The van der Waals surface area contributed by atoms with E-state index in [0.717, 1.165) is 27.2 Å². The van der Waals surface area contributed by atoms with E-state index in [0.29, 0.717) is 39.7 Å². The molecular weight excluding hydrogens is 789 g/mol. The van der Waals surface area contributed by atoms with Crippen LogP contribution in [0, 0.1) is 23.7 Å². The smallest absolute Gasteiger partial charge is 0.202 e. The number of hydrogen-bond acceptors (Lipinski definition) is 6. The van der Waals surface area contributed by atoms with Gasteiger partial charge in [0, 0.05) is 19.6 Å². The second-order valence-electron chi connectivity index (χ2n) is 19.4. The summed E-state index contributed by atoms with van der Waals surface area (Å²) in [5, 5.41) is 23.6. The Morgan fingerprint density at radius 3 is 1.41 bits per heavy atom. The molecule has 1 fully saturated rings. The van der Waals surface area contributed by atoms with Gasteiger partial charge in [-0.05, 0) is 143 Å². The predicted octanol–water partition coefficient (Wildman–Crippen LogP) is 15.2. The first-order valence-corrected chi connectivity index (χ1v) is 24.2.